The molecule has 1 atom stereocenters. The van der Waals surface area contributed by atoms with Gasteiger partial charge in [0.1, 0.15) is 0 Å². The van der Waals surface area contributed by atoms with E-state index in [0.29, 0.717) is 11.1 Å². The molecule has 0 aliphatic heterocycles. The Bertz CT molecular complexity index is 1350. The molecule has 0 bridgehead atoms. The van der Waals surface area contributed by atoms with Crippen molar-refractivity contribution in [2.45, 2.75) is 150 Å². The fourth-order valence-corrected chi connectivity index (χ4v) is 6.01. The van der Waals surface area contributed by atoms with Crippen molar-refractivity contribution >= 4 is 23.9 Å². The molecule has 2 aromatic carbocycles. The fraction of sp³-hybridized carbons (Fsp3) is 0.636. The van der Waals surface area contributed by atoms with Crippen molar-refractivity contribution in [3.05, 3.63) is 58.7 Å². The molecule has 8 heteroatoms. The lowest BCUT2D eigenvalue weighted by Crippen LogP contribution is -2.19. The van der Waals surface area contributed by atoms with Crippen LogP contribution in [0.3, 0.4) is 0 Å². The molecular weight excluding hydrogens is 656 g/mol. The number of unbranched alkanes of at least 4 members (excludes halogenated alkanes) is 13. The van der Waals surface area contributed by atoms with Gasteiger partial charge in [0, 0.05) is 0 Å². The van der Waals surface area contributed by atoms with Crippen LogP contribution >= 0.6 is 0 Å². The van der Waals surface area contributed by atoms with E-state index in [1.807, 2.05) is 6.92 Å². The third-order valence-corrected chi connectivity index (χ3v) is 9.25. The quantitative estimate of drug-likeness (QED) is 0.0485. The van der Waals surface area contributed by atoms with E-state index in [1.54, 1.807) is 30.3 Å². The minimum absolute atomic E-state index is 0.0506. The Morgan fingerprint density at radius 2 is 0.981 bits per heavy atom. The van der Waals surface area contributed by atoms with E-state index in [4.69, 9.17) is 18.9 Å². The van der Waals surface area contributed by atoms with Crippen molar-refractivity contribution in [3.8, 4) is 11.1 Å². The number of carbonyl (C=O) groups is 4. The zero-order valence-corrected chi connectivity index (χ0v) is 32.9. The Kier molecular flexibility index (Phi) is 23.1. The third-order valence-electron chi connectivity index (χ3n) is 9.25. The summed E-state index contributed by atoms with van der Waals surface area (Å²) in [6, 6.07) is 9.72. The van der Waals surface area contributed by atoms with Crippen molar-refractivity contribution in [1.82, 2.24) is 0 Å². The molecule has 0 aliphatic rings. The first-order valence-corrected chi connectivity index (χ1v) is 20.2. The maximum absolute atomic E-state index is 13.9. The lowest BCUT2D eigenvalue weighted by molar-refractivity contribution is 0.0416. The molecule has 2 aromatic rings. The van der Waals surface area contributed by atoms with Gasteiger partial charge in [-0.15, -0.1) is 0 Å². The number of benzene rings is 2. The number of hydrogen-bond acceptors (Lipinski definition) is 8. The van der Waals surface area contributed by atoms with E-state index in [-0.39, 0.29) is 54.6 Å². The summed E-state index contributed by atoms with van der Waals surface area (Å²) in [5.74, 6) is -2.34. The summed E-state index contributed by atoms with van der Waals surface area (Å²) in [5, 5.41) is 0. The van der Waals surface area contributed by atoms with Crippen molar-refractivity contribution in [2.75, 3.05) is 26.4 Å². The molecule has 0 aliphatic carbocycles. The zero-order chi connectivity index (χ0) is 38.0. The van der Waals surface area contributed by atoms with Gasteiger partial charge in [0.05, 0.1) is 48.7 Å². The summed E-state index contributed by atoms with van der Waals surface area (Å²) >= 11 is 0. The second-order valence-corrected chi connectivity index (χ2v) is 14.0. The summed E-state index contributed by atoms with van der Waals surface area (Å²) in [4.78, 5) is 54.2. The fourth-order valence-electron chi connectivity index (χ4n) is 6.01. The average molecular weight is 723 g/mol. The summed E-state index contributed by atoms with van der Waals surface area (Å²) in [5.41, 5.74) is 1.17. The van der Waals surface area contributed by atoms with E-state index in [9.17, 15) is 19.2 Å². The normalized spacial score (nSPS) is 11.6. The van der Waals surface area contributed by atoms with Crippen LogP contribution in [0.15, 0.2) is 36.4 Å². The Morgan fingerprint density at radius 3 is 1.50 bits per heavy atom. The Labute approximate surface area is 313 Å². The maximum Gasteiger partial charge on any atom is 0.339 e. The first kappa shape index (κ1) is 44.5. The van der Waals surface area contributed by atoms with Gasteiger partial charge >= 0.3 is 23.9 Å². The second-order valence-electron chi connectivity index (χ2n) is 14.0. The Morgan fingerprint density at radius 1 is 0.500 bits per heavy atom. The van der Waals surface area contributed by atoms with Crippen LogP contribution in [-0.4, -0.2) is 50.3 Å². The van der Waals surface area contributed by atoms with Crippen LogP contribution in [0.4, 0.5) is 0 Å². The van der Waals surface area contributed by atoms with E-state index in [1.165, 1.54) is 6.07 Å². The van der Waals surface area contributed by atoms with E-state index >= 15 is 0 Å². The standard InChI is InChI=1S/C44H66O8/c1-6-10-14-17-20-29-49-41(45)37-28-27-35(32-39(37)43(47)51-31-22-19-16-12-8-3)36-25-23-26-38(42(46)50-30-21-18-15-11-7-2)40(36)44(48)52-33-34(5)24-13-9-4/h23,25-28,32,34H,6-22,24,29-31,33H2,1-5H3. The second kappa shape index (κ2) is 27.0. The maximum atomic E-state index is 13.9. The molecule has 0 aromatic heterocycles. The third kappa shape index (κ3) is 16.3. The Balaban J connectivity index is 2.48. The highest BCUT2D eigenvalue weighted by Crippen LogP contribution is 2.31. The molecule has 0 saturated carbocycles. The van der Waals surface area contributed by atoms with Crippen molar-refractivity contribution < 1.29 is 38.1 Å². The molecule has 0 radical (unpaired) electrons. The monoisotopic (exact) mass is 722 g/mol. The lowest BCUT2D eigenvalue weighted by Gasteiger charge is -2.17. The van der Waals surface area contributed by atoms with Crippen LogP contribution in [0.5, 0.6) is 0 Å². The van der Waals surface area contributed by atoms with Gasteiger partial charge in [-0.25, -0.2) is 19.2 Å². The van der Waals surface area contributed by atoms with Gasteiger partial charge in [-0.05, 0) is 60.9 Å². The smallest absolute Gasteiger partial charge is 0.339 e. The predicted molar refractivity (Wildman–Crippen MR) is 208 cm³/mol. The lowest BCUT2D eigenvalue weighted by atomic mass is 9.92. The summed E-state index contributed by atoms with van der Waals surface area (Å²) in [7, 11) is 0. The summed E-state index contributed by atoms with van der Waals surface area (Å²) < 4.78 is 22.7. The van der Waals surface area contributed by atoms with E-state index in [2.05, 4.69) is 27.7 Å². The van der Waals surface area contributed by atoms with Crippen LogP contribution in [0, 0.1) is 5.92 Å². The number of carbonyl (C=O) groups excluding carboxylic acids is 4. The molecule has 0 fully saturated rings. The van der Waals surface area contributed by atoms with Crippen molar-refractivity contribution in [2.24, 2.45) is 5.92 Å². The van der Waals surface area contributed by atoms with Crippen LogP contribution in [0.2, 0.25) is 0 Å². The van der Waals surface area contributed by atoms with Crippen molar-refractivity contribution in [3.63, 3.8) is 0 Å². The minimum Gasteiger partial charge on any atom is -0.462 e. The largest absolute Gasteiger partial charge is 0.462 e. The predicted octanol–water partition coefficient (Wildman–Crippen LogP) is 11.7. The molecule has 0 heterocycles. The van der Waals surface area contributed by atoms with E-state index < -0.39 is 23.9 Å². The number of esters is 4. The van der Waals surface area contributed by atoms with Gasteiger partial charge in [0.25, 0.3) is 0 Å². The van der Waals surface area contributed by atoms with Crippen LogP contribution in [0.25, 0.3) is 11.1 Å². The number of hydrogen-bond donors (Lipinski definition) is 0. The topological polar surface area (TPSA) is 105 Å². The van der Waals surface area contributed by atoms with Crippen LogP contribution < -0.4 is 0 Å². The summed E-state index contributed by atoms with van der Waals surface area (Å²) in [6.45, 7) is 11.5. The molecule has 290 valence electrons. The van der Waals surface area contributed by atoms with Crippen LogP contribution in [-0.2, 0) is 18.9 Å². The molecule has 2 rings (SSSR count). The number of ether oxygens (including phenoxy) is 4. The molecule has 1 unspecified atom stereocenters. The minimum atomic E-state index is -0.642. The molecule has 8 nitrogen and oxygen atoms in total. The highest BCUT2D eigenvalue weighted by atomic mass is 16.5. The molecule has 0 N–H and O–H groups in total. The first-order chi connectivity index (χ1) is 25.3. The van der Waals surface area contributed by atoms with Gasteiger partial charge < -0.3 is 18.9 Å². The zero-order valence-electron chi connectivity index (χ0n) is 32.9. The molecular formula is C44H66O8. The van der Waals surface area contributed by atoms with Gasteiger partial charge in [0.15, 0.2) is 0 Å². The SMILES string of the molecule is CCCCCCCOC(=O)c1ccc(-c2cccc(C(=O)OCCCCCCC)c2C(=O)OCC(C)CCCC)cc1C(=O)OCCCCCCC. The highest BCUT2D eigenvalue weighted by molar-refractivity contribution is 6.09. The van der Waals surface area contributed by atoms with Crippen LogP contribution in [0.1, 0.15) is 192 Å². The van der Waals surface area contributed by atoms with Gasteiger partial charge in [-0.1, -0.05) is 143 Å². The van der Waals surface area contributed by atoms with E-state index in [0.717, 1.165) is 116 Å². The summed E-state index contributed by atoms with van der Waals surface area (Å²) in [6.07, 6.45) is 18.0. The Hall–Kier alpha value is -3.68. The molecule has 0 saturated heterocycles. The molecule has 0 amide bonds. The van der Waals surface area contributed by atoms with Gasteiger partial charge in [-0.3, -0.25) is 0 Å². The average Bonchev–Trinajstić information content (AvgIpc) is 3.16. The number of rotatable bonds is 28. The molecule has 52 heavy (non-hydrogen) atoms. The van der Waals surface area contributed by atoms with Gasteiger partial charge in [0.2, 0.25) is 0 Å². The first-order valence-electron chi connectivity index (χ1n) is 20.2. The van der Waals surface area contributed by atoms with Gasteiger partial charge in [-0.2, -0.15) is 0 Å². The highest BCUT2D eigenvalue weighted by Gasteiger charge is 2.27. The molecule has 0 spiro atoms. The van der Waals surface area contributed by atoms with Crippen molar-refractivity contribution in [1.29, 1.82) is 0 Å².